The van der Waals surface area contributed by atoms with Gasteiger partial charge in [-0.2, -0.15) is 0 Å². The highest BCUT2D eigenvalue weighted by atomic mass is 32.1. The van der Waals surface area contributed by atoms with Gasteiger partial charge in [-0.3, -0.25) is 4.79 Å². The smallest absolute Gasteiger partial charge is 0.312 e. The van der Waals surface area contributed by atoms with E-state index in [4.69, 9.17) is 15.2 Å². The second kappa shape index (κ2) is 9.94. The van der Waals surface area contributed by atoms with Gasteiger partial charge in [0.2, 0.25) is 5.69 Å². The van der Waals surface area contributed by atoms with Crippen molar-refractivity contribution in [3.8, 4) is 34.0 Å². The average Bonchev–Trinajstić information content (AvgIpc) is 3.56. The fraction of sp³-hybridized carbons (Fsp3) is 0.0588. The van der Waals surface area contributed by atoms with E-state index in [0.717, 1.165) is 55.6 Å². The van der Waals surface area contributed by atoms with E-state index in [-0.39, 0.29) is 16.3 Å². The molecule has 0 aliphatic carbocycles. The number of hydrogen-bond donors (Lipinski definition) is 1. The lowest BCUT2D eigenvalue weighted by Crippen LogP contribution is -2.39. The third-order valence-corrected chi connectivity index (χ3v) is 8.54. The molecule has 204 valence electrons. The van der Waals surface area contributed by atoms with Gasteiger partial charge in [-0.05, 0) is 46.5 Å². The molecular weight excluding hydrogens is 544 g/mol. The molecule has 7 rings (SSSR count). The number of ketones is 1. The quantitative estimate of drug-likeness (QED) is 0.186. The minimum Gasteiger partial charge on any atom is -0.539 e. The molecule has 4 aromatic carbocycles. The first-order valence-corrected chi connectivity index (χ1v) is 14.2. The standard InChI is InChI=1S/C34H24N4O3S/c1-19-10-14-22(15-11-19)26-18-27(25-9-5-7-21-6-3-4-8-24(21)25)36-33-28(26)29(35)32(42-33)31(39)30-34(40)41-37-38(30)23-16-12-20(2)13-17-23/h3-18H,1-2H3,(H2-,35,37,39,40). The molecular formula is C34H24N4O3S. The molecule has 42 heavy (non-hydrogen) atoms. The zero-order valence-electron chi connectivity index (χ0n) is 22.8. The molecule has 2 N–H and O–H groups in total. The summed E-state index contributed by atoms with van der Waals surface area (Å²) in [6.45, 7) is 3.98. The van der Waals surface area contributed by atoms with Crippen LogP contribution in [0.5, 0.6) is 5.95 Å². The Bertz CT molecular complexity index is 2140. The molecule has 0 aliphatic rings. The number of thiophene rings is 1. The lowest BCUT2D eigenvalue weighted by atomic mass is 9.96. The maximum atomic E-state index is 14.0. The average molecular weight is 569 g/mol. The van der Waals surface area contributed by atoms with Crippen LogP contribution in [0, 0.1) is 13.8 Å². The minimum atomic E-state index is -0.833. The number of rotatable bonds is 5. The molecule has 0 aliphatic heterocycles. The minimum absolute atomic E-state index is 0.210. The summed E-state index contributed by atoms with van der Waals surface area (Å²) in [4.78, 5) is 19.8. The van der Waals surface area contributed by atoms with E-state index in [1.54, 1.807) is 12.1 Å². The Labute approximate surface area is 245 Å². The van der Waals surface area contributed by atoms with Crippen molar-refractivity contribution in [1.29, 1.82) is 0 Å². The van der Waals surface area contributed by atoms with Crippen LogP contribution in [0.3, 0.4) is 0 Å². The van der Waals surface area contributed by atoms with Crippen LogP contribution >= 0.6 is 11.3 Å². The molecule has 3 heterocycles. The van der Waals surface area contributed by atoms with E-state index in [9.17, 15) is 9.90 Å². The number of carbonyl (C=O) groups is 1. The first kappa shape index (κ1) is 25.6. The van der Waals surface area contributed by atoms with Crippen LogP contribution in [-0.2, 0) is 0 Å². The van der Waals surface area contributed by atoms with E-state index in [0.29, 0.717) is 15.9 Å². The summed E-state index contributed by atoms with van der Waals surface area (Å²) < 4.78 is 6.17. The largest absolute Gasteiger partial charge is 0.539 e. The number of anilines is 1. The highest BCUT2D eigenvalue weighted by Gasteiger charge is 2.33. The molecule has 0 atom stereocenters. The summed E-state index contributed by atoms with van der Waals surface area (Å²) >= 11 is 1.16. The number of aromatic nitrogens is 3. The number of nitrogens with zero attached hydrogens (tertiary/aromatic N) is 3. The Balaban J connectivity index is 1.46. The summed E-state index contributed by atoms with van der Waals surface area (Å²) in [6.07, 6.45) is 0. The van der Waals surface area contributed by atoms with Crippen molar-refractivity contribution in [2.24, 2.45) is 0 Å². The van der Waals surface area contributed by atoms with Crippen LogP contribution in [0.25, 0.3) is 49.1 Å². The van der Waals surface area contributed by atoms with Crippen molar-refractivity contribution in [2.75, 3.05) is 5.73 Å². The normalized spacial score (nSPS) is 11.4. The van der Waals surface area contributed by atoms with Crippen molar-refractivity contribution in [3.63, 3.8) is 0 Å². The number of fused-ring (bicyclic) bond motifs is 2. The van der Waals surface area contributed by atoms with Crippen LogP contribution in [0.2, 0.25) is 0 Å². The van der Waals surface area contributed by atoms with Gasteiger partial charge in [-0.25, -0.2) is 4.98 Å². The van der Waals surface area contributed by atoms with E-state index in [1.165, 1.54) is 4.68 Å². The molecule has 0 unspecified atom stereocenters. The monoisotopic (exact) mass is 568 g/mol. The zero-order chi connectivity index (χ0) is 29.0. The summed E-state index contributed by atoms with van der Waals surface area (Å²) in [7, 11) is 0. The van der Waals surface area contributed by atoms with Gasteiger partial charge in [0.15, 0.2) is 5.95 Å². The van der Waals surface area contributed by atoms with Crippen LogP contribution < -0.4 is 15.5 Å². The SMILES string of the molecule is Cc1ccc(-c2cc(-c3cccc4ccccc34)nc3sc(C(=O)c4c([O-])on[n+]4-c4ccc(C)cc4)c(N)c23)cc1. The van der Waals surface area contributed by atoms with Gasteiger partial charge in [0.1, 0.15) is 9.71 Å². The van der Waals surface area contributed by atoms with Crippen molar-refractivity contribution in [3.05, 3.63) is 119 Å². The molecule has 0 amide bonds. The number of nitrogen functional groups attached to an aromatic ring is 1. The molecule has 3 aromatic heterocycles. The van der Waals surface area contributed by atoms with E-state index in [2.05, 4.69) is 23.5 Å². The Morgan fingerprint density at radius 1 is 0.881 bits per heavy atom. The van der Waals surface area contributed by atoms with Gasteiger partial charge in [-0.1, -0.05) is 90.0 Å². The van der Waals surface area contributed by atoms with E-state index in [1.807, 2.05) is 80.6 Å². The predicted molar refractivity (Wildman–Crippen MR) is 163 cm³/mol. The predicted octanol–water partition coefficient (Wildman–Crippen LogP) is 6.55. The first-order valence-electron chi connectivity index (χ1n) is 13.4. The van der Waals surface area contributed by atoms with Crippen LogP contribution in [-0.4, -0.2) is 16.0 Å². The Morgan fingerprint density at radius 3 is 2.33 bits per heavy atom. The highest BCUT2D eigenvalue weighted by Crippen LogP contribution is 2.43. The van der Waals surface area contributed by atoms with Gasteiger partial charge >= 0.3 is 5.69 Å². The lowest BCUT2D eigenvalue weighted by Gasteiger charge is -2.11. The number of benzene rings is 4. The van der Waals surface area contributed by atoms with Crippen molar-refractivity contribution < 1.29 is 19.1 Å². The molecule has 0 fully saturated rings. The third kappa shape index (κ3) is 4.20. The van der Waals surface area contributed by atoms with Crippen LogP contribution in [0.4, 0.5) is 5.69 Å². The summed E-state index contributed by atoms with van der Waals surface area (Å²) in [6, 6.07) is 31.8. The summed E-state index contributed by atoms with van der Waals surface area (Å²) in [5.74, 6) is -1.40. The molecule has 0 bridgehead atoms. The van der Waals surface area contributed by atoms with E-state index >= 15 is 0 Å². The number of carbonyl (C=O) groups excluding carboxylic acids is 1. The number of hydrogen-bond acceptors (Lipinski definition) is 7. The van der Waals surface area contributed by atoms with Crippen molar-refractivity contribution in [1.82, 2.24) is 10.3 Å². The van der Waals surface area contributed by atoms with Gasteiger partial charge in [-0.15, -0.1) is 11.3 Å². The second-order valence-electron chi connectivity index (χ2n) is 10.3. The number of pyridine rings is 1. The molecule has 0 saturated carbocycles. The van der Waals surface area contributed by atoms with Crippen molar-refractivity contribution >= 4 is 43.8 Å². The third-order valence-electron chi connectivity index (χ3n) is 7.44. The lowest BCUT2D eigenvalue weighted by molar-refractivity contribution is -0.672. The van der Waals surface area contributed by atoms with Crippen molar-refractivity contribution in [2.45, 2.75) is 13.8 Å². The molecule has 8 heteroatoms. The highest BCUT2D eigenvalue weighted by molar-refractivity contribution is 7.21. The fourth-order valence-electron chi connectivity index (χ4n) is 5.24. The van der Waals surface area contributed by atoms with Crippen LogP contribution in [0.1, 0.15) is 26.5 Å². The summed E-state index contributed by atoms with van der Waals surface area (Å²) in [5, 5.41) is 19.5. The first-order chi connectivity index (χ1) is 20.4. The number of aryl methyl sites for hydroxylation is 2. The van der Waals surface area contributed by atoms with E-state index < -0.39 is 11.7 Å². The molecule has 7 nitrogen and oxygen atoms in total. The Hall–Kier alpha value is -5.34. The molecule has 0 saturated heterocycles. The van der Waals surface area contributed by atoms with Gasteiger partial charge < -0.3 is 15.4 Å². The molecule has 0 radical (unpaired) electrons. The second-order valence-corrected chi connectivity index (χ2v) is 11.3. The van der Waals surface area contributed by atoms with Gasteiger partial charge in [0.25, 0.3) is 5.78 Å². The Morgan fingerprint density at radius 2 is 1.57 bits per heavy atom. The van der Waals surface area contributed by atoms with Gasteiger partial charge in [0.05, 0.1) is 16.7 Å². The van der Waals surface area contributed by atoms with Gasteiger partial charge in [0, 0.05) is 23.1 Å². The fourth-order valence-corrected chi connectivity index (χ4v) is 6.30. The molecule has 7 aromatic rings. The maximum Gasteiger partial charge on any atom is 0.312 e. The summed E-state index contributed by atoms with van der Waals surface area (Å²) in [5.41, 5.74) is 13.0. The zero-order valence-corrected chi connectivity index (χ0v) is 23.6. The topological polar surface area (TPSA) is 109 Å². The Kier molecular flexibility index (Phi) is 6.06. The molecule has 0 spiro atoms. The maximum absolute atomic E-state index is 14.0. The van der Waals surface area contributed by atoms with Crippen LogP contribution in [0.15, 0.2) is 102 Å². The number of nitrogens with two attached hydrogens (primary N) is 1.